The van der Waals surface area contributed by atoms with Crippen LogP contribution in [0.4, 0.5) is 5.88 Å². The molecule has 3 amide bonds. The number of carboxylic acids is 1. The Morgan fingerprint density at radius 2 is 1.76 bits per heavy atom. The van der Waals surface area contributed by atoms with Crippen LogP contribution in [0.1, 0.15) is 65.0 Å². The van der Waals surface area contributed by atoms with Crippen LogP contribution >= 0.6 is 0 Å². The fourth-order valence-corrected chi connectivity index (χ4v) is 5.28. The molecule has 2 unspecified atom stereocenters. The van der Waals surface area contributed by atoms with E-state index in [2.05, 4.69) is 5.32 Å². The predicted molar refractivity (Wildman–Crippen MR) is 133 cm³/mol. The molecule has 1 aromatic heterocycles. The van der Waals surface area contributed by atoms with E-state index in [-0.39, 0.29) is 31.2 Å². The van der Waals surface area contributed by atoms with Crippen LogP contribution < -0.4 is 5.32 Å². The molecule has 2 N–H and O–H groups in total. The number of hydrogen-bond acceptors (Lipinski definition) is 7. The lowest BCUT2D eigenvalue weighted by Crippen LogP contribution is -2.56. The van der Waals surface area contributed by atoms with E-state index in [4.69, 9.17) is 4.42 Å². The number of nitrogens with one attached hydrogen (secondary N) is 1. The molecule has 2 fully saturated rings. The van der Waals surface area contributed by atoms with Crippen LogP contribution in [0.2, 0.25) is 0 Å². The maximum atomic E-state index is 13.7. The number of benzene rings is 1. The third kappa shape index (κ3) is 5.84. The molecule has 0 radical (unpaired) electrons. The van der Waals surface area contributed by atoms with Gasteiger partial charge in [-0.3, -0.25) is 29.3 Å². The fraction of sp³-hybridized carbons (Fsp3) is 0.462. The van der Waals surface area contributed by atoms with Crippen molar-refractivity contribution >= 4 is 29.6 Å². The minimum Gasteiger partial charge on any atom is -0.481 e. The Hall–Kier alpha value is -4.22. The summed E-state index contributed by atoms with van der Waals surface area (Å²) in [4.78, 5) is 64.8. The maximum Gasteiger partial charge on any atom is 0.433 e. The number of rotatable bonds is 8. The van der Waals surface area contributed by atoms with Crippen molar-refractivity contribution < 1.29 is 33.6 Å². The number of carbonyl (C=O) groups is 4. The second-order valence-corrected chi connectivity index (χ2v) is 9.75. The molecule has 202 valence electrons. The van der Waals surface area contributed by atoms with Crippen LogP contribution in [0, 0.1) is 23.0 Å². The van der Waals surface area contributed by atoms with Gasteiger partial charge in [0.05, 0.1) is 12.5 Å². The molecule has 1 aliphatic carbocycles. The van der Waals surface area contributed by atoms with E-state index in [1.165, 1.54) is 4.90 Å². The Morgan fingerprint density at radius 1 is 1.08 bits per heavy atom. The molecule has 1 aliphatic heterocycles. The normalized spacial score (nSPS) is 18.7. The molecular formula is C26H30N4O8. The number of carboxylic acid groups (broad SMARTS) is 1. The summed E-state index contributed by atoms with van der Waals surface area (Å²) < 4.78 is 5.07. The smallest absolute Gasteiger partial charge is 0.433 e. The van der Waals surface area contributed by atoms with Crippen LogP contribution in [0.3, 0.4) is 0 Å². The van der Waals surface area contributed by atoms with E-state index in [0.717, 1.165) is 54.7 Å². The van der Waals surface area contributed by atoms with E-state index in [9.17, 15) is 34.4 Å². The van der Waals surface area contributed by atoms with E-state index >= 15 is 0 Å². The lowest BCUT2D eigenvalue weighted by molar-refractivity contribution is -0.402. The van der Waals surface area contributed by atoms with Gasteiger partial charge in [-0.25, -0.2) is 0 Å². The summed E-state index contributed by atoms with van der Waals surface area (Å²) in [5.74, 6) is -4.00. The second kappa shape index (κ2) is 11.4. The highest BCUT2D eigenvalue weighted by Gasteiger charge is 2.45. The summed E-state index contributed by atoms with van der Waals surface area (Å²) in [7, 11) is 0. The maximum absolute atomic E-state index is 13.7. The minimum absolute atomic E-state index is 0.0179. The van der Waals surface area contributed by atoms with Crippen LogP contribution in [-0.2, 0) is 9.59 Å². The highest BCUT2D eigenvalue weighted by molar-refractivity contribution is 6.01. The van der Waals surface area contributed by atoms with Gasteiger partial charge >= 0.3 is 11.9 Å². The lowest BCUT2D eigenvalue weighted by atomic mass is 9.82. The molecule has 1 saturated heterocycles. The van der Waals surface area contributed by atoms with Gasteiger partial charge in [-0.15, -0.1) is 0 Å². The van der Waals surface area contributed by atoms with E-state index in [0.29, 0.717) is 5.56 Å². The first-order chi connectivity index (χ1) is 18.2. The van der Waals surface area contributed by atoms with Crippen LogP contribution in [-0.4, -0.2) is 68.8 Å². The number of amides is 3. The van der Waals surface area contributed by atoms with E-state index in [1.54, 1.807) is 18.2 Å². The highest BCUT2D eigenvalue weighted by atomic mass is 16.6. The van der Waals surface area contributed by atoms with Crippen molar-refractivity contribution in [2.45, 2.75) is 57.7 Å². The summed E-state index contributed by atoms with van der Waals surface area (Å²) in [6.45, 7) is 1.84. The molecule has 1 saturated carbocycles. The molecule has 0 bridgehead atoms. The molecule has 2 aliphatic rings. The molecule has 0 spiro atoms. The van der Waals surface area contributed by atoms with Crippen molar-refractivity contribution in [1.29, 1.82) is 0 Å². The number of furan rings is 1. The van der Waals surface area contributed by atoms with Crippen LogP contribution in [0.5, 0.6) is 0 Å². The highest BCUT2D eigenvalue weighted by Crippen LogP contribution is 2.29. The van der Waals surface area contributed by atoms with Gasteiger partial charge in [0.1, 0.15) is 4.92 Å². The summed E-state index contributed by atoms with van der Waals surface area (Å²) in [5.41, 5.74) is 1.17. The van der Waals surface area contributed by atoms with Gasteiger partial charge in [-0.05, 0) is 43.9 Å². The minimum atomic E-state index is -1.39. The monoisotopic (exact) mass is 526 g/mol. The third-order valence-electron chi connectivity index (χ3n) is 7.12. The largest absolute Gasteiger partial charge is 0.481 e. The predicted octanol–water partition coefficient (Wildman–Crippen LogP) is 2.96. The number of hydrogen-bond donors (Lipinski definition) is 2. The van der Waals surface area contributed by atoms with E-state index in [1.807, 2.05) is 13.0 Å². The van der Waals surface area contributed by atoms with Crippen molar-refractivity contribution in [2.75, 3.05) is 13.1 Å². The molecule has 2 atom stereocenters. The average molecular weight is 527 g/mol. The van der Waals surface area contributed by atoms with Gasteiger partial charge in [-0.1, -0.05) is 37.0 Å². The van der Waals surface area contributed by atoms with Crippen molar-refractivity contribution in [3.8, 4) is 0 Å². The van der Waals surface area contributed by atoms with Gasteiger partial charge in [0.15, 0.2) is 11.9 Å². The molecule has 12 heteroatoms. The zero-order valence-corrected chi connectivity index (χ0v) is 21.0. The summed E-state index contributed by atoms with van der Waals surface area (Å²) in [6.07, 6.45) is 2.77. The zero-order valence-electron chi connectivity index (χ0n) is 21.0. The number of aliphatic carboxylic acids is 1. The lowest BCUT2D eigenvalue weighted by Gasteiger charge is -2.34. The molecule has 2 aromatic rings. The second-order valence-electron chi connectivity index (χ2n) is 9.75. The first-order valence-electron chi connectivity index (χ1n) is 12.6. The Kier molecular flexibility index (Phi) is 8.08. The van der Waals surface area contributed by atoms with Gasteiger partial charge in [0.25, 0.3) is 17.7 Å². The molecule has 2 heterocycles. The number of nitrogens with zero attached hydrogens (tertiary/aromatic N) is 3. The van der Waals surface area contributed by atoms with Crippen molar-refractivity contribution in [3.05, 3.63) is 63.4 Å². The van der Waals surface area contributed by atoms with Gasteiger partial charge < -0.3 is 24.6 Å². The van der Waals surface area contributed by atoms with Crippen LogP contribution in [0.15, 0.2) is 40.8 Å². The van der Waals surface area contributed by atoms with Crippen molar-refractivity contribution in [1.82, 2.24) is 15.1 Å². The Bertz CT molecular complexity index is 1240. The summed E-state index contributed by atoms with van der Waals surface area (Å²) in [6, 6.07) is 8.34. The van der Waals surface area contributed by atoms with Crippen molar-refractivity contribution in [3.63, 3.8) is 0 Å². The number of nitro groups is 1. The SMILES string of the molecule is Cc1cccc(C(=O)N2CCN(C(=O)c3ccc([N+](=O)[O-])o3)C2C(=O)NC(CC(=O)O)C2CCCCC2)c1. The van der Waals surface area contributed by atoms with Crippen molar-refractivity contribution in [2.24, 2.45) is 5.92 Å². The average Bonchev–Trinajstić information content (AvgIpc) is 3.56. The van der Waals surface area contributed by atoms with E-state index < -0.39 is 46.7 Å². The zero-order chi connectivity index (χ0) is 27.4. The molecule has 38 heavy (non-hydrogen) atoms. The van der Waals surface area contributed by atoms with Crippen LogP contribution in [0.25, 0.3) is 0 Å². The Labute approximate surface area is 218 Å². The summed E-state index contributed by atoms with van der Waals surface area (Å²) in [5, 5.41) is 23.4. The number of aryl methyl sites for hydroxylation is 1. The first-order valence-corrected chi connectivity index (χ1v) is 12.6. The first kappa shape index (κ1) is 26.8. The quantitative estimate of drug-likeness (QED) is 0.392. The summed E-state index contributed by atoms with van der Waals surface area (Å²) >= 11 is 0. The Morgan fingerprint density at radius 3 is 2.37 bits per heavy atom. The fourth-order valence-electron chi connectivity index (χ4n) is 5.28. The molecule has 12 nitrogen and oxygen atoms in total. The topological polar surface area (TPSA) is 163 Å². The molecular weight excluding hydrogens is 496 g/mol. The third-order valence-corrected chi connectivity index (χ3v) is 7.12. The van der Waals surface area contributed by atoms with Gasteiger partial charge in [0.2, 0.25) is 0 Å². The standard InChI is InChI=1S/C26H30N4O8/c1-16-6-5-9-18(14-16)25(34)28-12-13-29(26(35)20-10-11-21(38-20)30(36)37)24(28)23(33)27-19(15-22(31)32)17-7-3-2-4-8-17/h5-6,9-11,14,17,19,24H,2-4,7-8,12-13,15H2,1H3,(H,27,33)(H,31,32). The number of carbonyl (C=O) groups excluding carboxylic acids is 3. The Balaban J connectivity index is 1.64. The van der Waals surface area contributed by atoms with Gasteiger partial charge in [-0.2, -0.15) is 0 Å². The molecule has 1 aromatic carbocycles. The molecule has 4 rings (SSSR count). The van der Waals surface area contributed by atoms with Gasteiger partial charge in [0, 0.05) is 24.7 Å².